The van der Waals surface area contributed by atoms with Crippen LogP contribution in [0, 0.1) is 5.92 Å². The van der Waals surface area contributed by atoms with Crippen LogP contribution in [0.5, 0.6) is 0 Å². The van der Waals surface area contributed by atoms with Gasteiger partial charge in [-0.1, -0.05) is 15.9 Å². The molecule has 1 heterocycles. The van der Waals surface area contributed by atoms with E-state index in [1.165, 1.54) is 0 Å². The summed E-state index contributed by atoms with van der Waals surface area (Å²) in [5.41, 5.74) is 1.09. The fourth-order valence-corrected chi connectivity index (χ4v) is 2.65. The summed E-state index contributed by atoms with van der Waals surface area (Å²) in [7, 11) is 0. The Balaban J connectivity index is 2.22. The molecule has 4 nitrogen and oxygen atoms in total. The average molecular weight is 314 g/mol. The lowest BCUT2D eigenvalue weighted by molar-refractivity contribution is 0.0697. The number of aliphatic hydroxyl groups is 1. The lowest BCUT2D eigenvalue weighted by atomic mass is 9.97. The number of nitrogens with zero attached hydrogens (tertiary/aromatic N) is 1. The Morgan fingerprint density at radius 1 is 1.39 bits per heavy atom. The summed E-state index contributed by atoms with van der Waals surface area (Å²) in [5, 5.41) is 18.3. The maximum Gasteiger partial charge on any atom is 0.337 e. The molecule has 0 saturated carbocycles. The van der Waals surface area contributed by atoms with Crippen LogP contribution in [0.25, 0.3) is 0 Å². The number of hydrogen-bond donors (Lipinski definition) is 2. The SMILES string of the molecule is O=C(O)c1ccc(Br)cc1N1CCC(CO)CC1. The zero-order valence-corrected chi connectivity index (χ0v) is 11.6. The van der Waals surface area contributed by atoms with Crippen molar-refractivity contribution in [3.8, 4) is 0 Å². The molecule has 1 aromatic rings. The van der Waals surface area contributed by atoms with Crippen molar-refractivity contribution < 1.29 is 15.0 Å². The van der Waals surface area contributed by atoms with Crippen molar-refractivity contribution in [2.75, 3.05) is 24.6 Å². The molecule has 0 bridgehead atoms. The topological polar surface area (TPSA) is 60.8 Å². The Morgan fingerprint density at radius 2 is 2.06 bits per heavy atom. The molecule has 0 aromatic heterocycles. The smallest absolute Gasteiger partial charge is 0.337 e. The summed E-state index contributed by atoms with van der Waals surface area (Å²) < 4.78 is 0.881. The molecule has 0 amide bonds. The van der Waals surface area contributed by atoms with Crippen LogP contribution < -0.4 is 4.90 Å². The number of rotatable bonds is 3. The van der Waals surface area contributed by atoms with Gasteiger partial charge in [-0.25, -0.2) is 4.79 Å². The van der Waals surface area contributed by atoms with Gasteiger partial charge in [0, 0.05) is 24.2 Å². The van der Waals surface area contributed by atoms with E-state index in [0.717, 1.165) is 36.1 Å². The third kappa shape index (κ3) is 2.84. The number of carbonyl (C=O) groups is 1. The fourth-order valence-electron chi connectivity index (χ4n) is 2.30. The van der Waals surface area contributed by atoms with Crippen LogP contribution >= 0.6 is 15.9 Å². The van der Waals surface area contributed by atoms with Crippen LogP contribution in [0.2, 0.25) is 0 Å². The number of carboxylic acids is 1. The first-order chi connectivity index (χ1) is 8.61. The van der Waals surface area contributed by atoms with Crippen molar-refractivity contribution in [1.29, 1.82) is 0 Å². The Hall–Kier alpha value is -1.07. The van der Waals surface area contributed by atoms with Gasteiger partial charge < -0.3 is 15.1 Å². The standard InChI is InChI=1S/C13H16BrNO3/c14-10-1-2-11(13(17)18)12(7-10)15-5-3-9(8-16)4-6-15/h1-2,7,9,16H,3-6,8H2,(H,17,18). The van der Waals surface area contributed by atoms with E-state index in [0.29, 0.717) is 11.5 Å². The number of aliphatic hydroxyl groups excluding tert-OH is 1. The Bertz CT molecular complexity index is 442. The normalized spacial score (nSPS) is 16.9. The van der Waals surface area contributed by atoms with E-state index in [1.54, 1.807) is 12.1 Å². The summed E-state index contributed by atoms with van der Waals surface area (Å²) >= 11 is 3.38. The molecule has 2 rings (SSSR count). The van der Waals surface area contributed by atoms with Crippen LogP contribution in [-0.4, -0.2) is 35.9 Å². The molecule has 0 unspecified atom stereocenters. The van der Waals surface area contributed by atoms with E-state index in [2.05, 4.69) is 20.8 Å². The third-order valence-corrected chi connectivity index (χ3v) is 3.90. The van der Waals surface area contributed by atoms with Gasteiger partial charge in [0.1, 0.15) is 0 Å². The van der Waals surface area contributed by atoms with Gasteiger partial charge in [0.2, 0.25) is 0 Å². The second-order valence-corrected chi connectivity index (χ2v) is 5.50. The van der Waals surface area contributed by atoms with Crippen LogP contribution in [-0.2, 0) is 0 Å². The minimum atomic E-state index is -0.901. The fraction of sp³-hybridized carbons (Fsp3) is 0.462. The Morgan fingerprint density at radius 3 is 2.61 bits per heavy atom. The van der Waals surface area contributed by atoms with Crippen molar-refractivity contribution in [2.24, 2.45) is 5.92 Å². The van der Waals surface area contributed by atoms with E-state index in [9.17, 15) is 9.90 Å². The van der Waals surface area contributed by atoms with E-state index >= 15 is 0 Å². The highest BCUT2D eigenvalue weighted by Gasteiger charge is 2.22. The molecule has 18 heavy (non-hydrogen) atoms. The maximum atomic E-state index is 11.2. The molecular formula is C13H16BrNO3. The molecule has 0 radical (unpaired) electrons. The molecular weight excluding hydrogens is 298 g/mol. The van der Waals surface area contributed by atoms with E-state index in [4.69, 9.17) is 5.11 Å². The van der Waals surface area contributed by atoms with Crippen LogP contribution in [0.3, 0.4) is 0 Å². The first-order valence-corrected chi connectivity index (χ1v) is 6.79. The Kier molecular flexibility index (Phi) is 4.24. The molecule has 0 spiro atoms. The summed E-state index contributed by atoms with van der Waals surface area (Å²) in [4.78, 5) is 13.3. The van der Waals surface area contributed by atoms with Crippen LogP contribution in [0.4, 0.5) is 5.69 Å². The highest BCUT2D eigenvalue weighted by Crippen LogP contribution is 2.29. The zero-order chi connectivity index (χ0) is 13.1. The van der Waals surface area contributed by atoms with Gasteiger partial charge in [-0.15, -0.1) is 0 Å². The second kappa shape index (κ2) is 5.71. The molecule has 5 heteroatoms. The number of anilines is 1. The monoisotopic (exact) mass is 313 g/mol. The highest BCUT2D eigenvalue weighted by atomic mass is 79.9. The van der Waals surface area contributed by atoms with Gasteiger partial charge in [-0.2, -0.15) is 0 Å². The van der Waals surface area contributed by atoms with E-state index < -0.39 is 5.97 Å². The number of carboxylic acid groups (broad SMARTS) is 1. The summed E-state index contributed by atoms with van der Waals surface area (Å²) in [6, 6.07) is 5.22. The van der Waals surface area contributed by atoms with Gasteiger partial charge in [-0.05, 0) is 37.0 Å². The molecule has 1 fully saturated rings. The summed E-state index contributed by atoms with van der Waals surface area (Å²) in [6.45, 7) is 1.81. The number of halogens is 1. The van der Waals surface area contributed by atoms with E-state index in [-0.39, 0.29) is 6.61 Å². The molecule has 1 aromatic carbocycles. The van der Waals surface area contributed by atoms with Crippen molar-refractivity contribution in [3.05, 3.63) is 28.2 Å². The largest absolute Gasteiger partial charge is 0.478 e. The molecule has 0 atom stereocenters. The minimum absolute atomic E-state index is 0.220. The third-order valence-electron chi connectivity index (χ3n) is 3.40. The highest BCUT2D eigenvalue weighted by molar-refractivity contribution is 9.10. The van der Waals surface area contributed by atoms with E-state index in [1.807, 2.05) is 6.07 Å². The predicted molar refractivity (Wildman–Crippen MR) is 73.1 cm³/mol. The Labute approximate surface area is 114 Å². The molecule has 2 N–H and O–H groups in total. The van der Waals surface area contributed by atoms with Gasteiger partial charge in [0.25, 0.3) is 0 Å². The first kappa shape index (κ1) is 13.4. The predicted octanol–water partition coefficient (Wildman–Crippen LogP) is 2.36. The second-order valence-electron chi connectivity index (χ2n) is 4.58. The van der Waals surface area contributed by atoms with Gasteiger partial charge in [-0.3, -0.25) is 0 Å². The van der Waals surface area contributed by atoms with Crippen molar-refractivity contribution >= 4 is 27.6 Å². The molecule has 1 aliphatic heterocycles. The number of hydrogen-bond acceptors (Lipinski definition) is 3. The van der Waals surface area contributed by atoms with Crippen molar-refractivity contribution in [2.45, 2.75) is 12.8 Å². The number of aromatic carboxylic acids is 1. The molecule has 1 saturated heterocycles. The summed E-state index contributed by atoms with van der Waals surface area (Å²) in [6.07, 6.45) is 1.81. The van der Waals surface area contributed by atoms with Crippen LogP contribution in [0.15, 0.2) is 22.7 Å². The van der Waals surface area contributed by atoms with Gasteiger partial charge in [0.15, 0.2) is 0 Å². The van der Waals surface area contributed by atoms with Crippen molar-refractivity contribution in [3.63, 3.8) is 0 Å². The molecule has 98 valence electrons. The first-order valence-electron chi connectivity index (χ1n) is 6.00. The molecule has 1 aliphatic rings. The minimum Gasteiger partial charge on any atom is -0.478 e. The molecule has 0 aliphatic carbocycles. The zero-order valence-electron chi connectivity index (χ0n) is 9.97. The van der Waals surface area contributed by atoms with Gasteiger partial charge in [0.05, 0.1) is 11.3 Å². The van der Waals surface area contributed by atoms with Crippen LogP contribution in [0.1, 0.15) is 23.2 Å². The number of benzene rings is 1. The average Bonchev–Trinajstić information content (AvgIpc) is 2.38. The lowest BCUT2D eigenvalue weighted by Gasteiger charge is -2.33. The maximum absolute atomic E-state index is 11.2. The summed E-state index contributed by atoms with van der Waals surface area (Å²) in [5.74, 6) is -0.552. The number of piperidine rings is 1. The van der Waals surface area contributed by atoms with Gasteiger partial charge >= 0.3 is 5.97 Å². The quantitative estimate of drug-likeness (QED) is 0.899. The van der Waals surface area contributed by atoms with Crippen molar-refractivity contribution in [1.82, 2.24) is 0 Å². The lowest BCUT2D eigenvalue weighted by Crippen LogP contribution is -2.35.